The first-order valence-corrected chi connectivity index (χ1v) is 3.91. The number of rotatable bonds is 0. The van der Waals surface area contributed by atoms with Gasteiger partial charge in [0.1, 0.15) is 0 Å². The van der Waals surface area contributed by atoms with Gasteiger partial charge in [0.25, 0.3) is 0 Å². The zero-order chi connectivity index (χ0) is 6.27. The first-order valence-electron chi connectivity index (χ1n) is 3.03. The topological polar surface area (TPSA) is 15.6 Å². The largest absolute Gasteiger partial charge is 0.323 e. The van der Waals surface area contributed by atoms with Gasteiger partial charge in [0.15, 0.2) is 5.17 Å². The standard InChI is InChI=1S/C6H8N2S/c1-5-4-9-6-7-2-3-8(5)6/h4H,2-3H2,1H3. The molecule has 0 N–H and O–H groups in total. The number of hydrogen-bond donors (Lipinski definition) is 0. The van der Waals surface area contributed by atoms with Gasteiger partial charge < -0.3 is 4.90 Å². The summed E-state index contributed by atoms with van der Waals surface area (Å²) in [5.74, 6) is 0. The summed E-state index contributed by atoms with van der Waals surface area (Å²) >= 11 is 1.73. The van der Waals surface area contributed by atoms with Gasteiger partial charge in [0, 0.05) is 12.2 Å². The average Bonchev–Trinajstić information content (AvgIpc) is 2.35. The third-order valence-corrected chi connectivity index (χ3v) is 2.58. The van der Waals surface area contributed by atoms with Crippen LogP contribution in [0.3, 0.4) is 0 Å². The van der Waals surface area contributed by atoms with E-state index in [0.29, 0.717) is 0 Å². The Bertz CT molecular complexity index is 195. The van der Waals surface area contributed by atoms with Crippen LogP contribution in [-0.4, -0.2) is 23.2 Å². The van der Waals surface area contributed by atoms with Crippen molar-refractivity contribution in [1.29, 1.82) is 0 Å². The fourth-order valence-electron chi connectivity index (χ4n) is 1.06. The average molecular weight is 140 g/mol. The SMILES string of the molecule is CC1=CSC2=NCCN12. The highest BCUT2D eigenvalue weighted by atomic mass is 32.2. The summed E-state index contributed by atoms with van der Waals surface area (Å²) in [7, 11) is 0. The van der Waals surface area contributed by atoms with Crippen LogP contribution < -0.4 is 0 Å². The highest BCUT2D eigenvalue weighted by Gasteiger charge is 2.22. The van der Waals surface area contributed by atoms with E-state index in [1.807, 2.05) is 0 Å². The number of allylic oxidation sites excluding steroid dienone is 1. The molecule has 2 aliphatic rings. The van der Waals surface area contributed by atoms with Gasteiger partial charge in [-0.05, 0) is 12.3 Å². The molecule has 0 fully saturated rings. The maximum atomic E-state index is 4.30. The van der Waals surface area contributed by atoms with Crippen LogP contribution >= 0.6 is 11.8 Å². The minimum atomic E-state index is 0.980. The van der Waals surface area contributed by atoms with Crippen LogP contribution in [0.4, 0.5) is 0 Å². The van der Waals surface area contributed by atoms with Crippen molar-refractivity contribution in [2.45, 2.75) is 6.92 Å². The van der Waals surface area contributed by atoms with Gasteiger partial charge >= 0.3 is 0 Å². The van der Waals surface area contributed by atoms with E-state index in [0.717, 1.165) is 13.1 Å². The molecule has 3 heteroatoms. The Morgan fingerprint density at radius 1 is 1.78 bits per heavy atom. The van der Waals surface area contributed by atoms with E-state index in [9.17, 15) is 0 Å². The van der Waals surface area contributed by atoms with Crippen molar-refractivity contribution in [2.24, 2.45) is 4.99 Å². The van der Waals surface area contributed by atoms with E-state index in [4.69, 9.17) is 0 Å². The predicted octanol–water partition coefficient (Wildman–Crippen LogP) is 1.27. The van der Waals surface area contributed by atoms with Crippen LogP contribution in [0, 0.1) is 0 Å². The molecule has 0 saturated heterocycles. The number of nitrogens with zero attached hydrogens (tertiary/aromatic N) is 2. The Morgan fingerprint density at radius 2 is 2.67 bits per heavy atom. The van der Waals surface area contributed by atoms with Gasteiger partial charge in [-0.25, -0.2) is 0 Å². The molecule has 2 rings (SSSR count). The van der Waals surface area contributed by atoms with Gasteiger partial charge in [-0.15, -0.1) is 0 Å². The normalized spacial score (nSPS) is 23.9. The summed E-state index contributed by atoms with van der Waals surface area (Å²) in [6.07, 6.45) is 0. The Kier molecular flexibility index (Phi) is 1.05. The fraction of sp³-hybridized carbons (Fsp3) is 0.500. The first kappa shape index (κ1) is 5.35. The van der Waals surface area contributed by atoms with Crippen molar-refractivity contribution >= 4 is 16.9 Å². The highest BCUT2D eigenvalue weighted by molar-refractivity contribution is 8.16. The predicted molar refractivity (Wildman–Crippen MR) is 40.4 cm³/mol. The van der Waals surface area contributed by atoms with Gasteiger partial charge in [-0.3, -0.25) is 4.99 Å². The molecule has 0 radical (unpaired) electrons. The molecule has 2 heterocycles. The molecule has 0 amide bonds. The minimum Gasteiger partial charge on any atom is -0.323 e. The van der Waals surface area contributed by atoms with Crippen molar-refractivity contribution in [2.75, 3.05) is 13.1 Å². The molecule has 0 aromatic heterocycles. The fourth-order valence-corrected chi connectivity index (χ4v) is 1.99. The second-order valence-corrected chi connectivity index (χ2v) is 3.03. The zero-order valence-corrected chi connectivity index (χ0v) is 6.11. The molecule has 0 saturated carbocycles. The van der Waals surface area contributed by atoms with Crippen LogP contribution in [0.2, 0.25) is 0 Å². The van der Waals surface area contributed by atoms with E-state index < -0.39 is 0 Å². The molecule has 0 bridgehead atoms. The molecular weight excluding hydrogens is 132 g/mol. The van der Waals surface area contributed by atoms with Crippen LogP contribution in [0.15, 0.2) is 16.1 Å². The van der Waals surface area contributed by atoms with Crippen LogP contribution in [-0.2, 0) is 0 Å². The molecular formula is C6H8N2S. The first-order chi connectivity index (χ1) is 4.38. The quantitative estimate of drug-likeness (QED) is 0.503. The number of amidine groups is 1. The van der Waals surface area contributed by atoms with Gasteiger partial charge in [0.05, 0.1) is 6.54 Å². The van der Waals surface area contributed by atoms with E-state index in [1.165, 1.54) is 10.9 Å². The zero-order valence-electron chi connectivity index (χ0n) is 5.29. The molecule has 0 atom stereocenters. The minimum absolute atomic E-state index is 0.980. The van der Waals surface area contributed by atoms with Crippen molar-refractivity contribution in [3.8, 4) is 0 Å². The lowest BCUT2D eigenvalue weighted by atomic mass is 10.5. The number of hydrogen-bond acceptors (Lipinski definition) is 3. The van der Waals surface area contributed by atoms with E-state index >= 15 is 0 Å². The van der Waals surface area contributed by atoms with Gasteiger partial charge in [-0.1, -0.05) is 11.8 Å². The molecule has 0 aliphatic carbocycles. The maximum Gasteiger partial charge on any atom is 0.167 e. The lowest BCUT2D eigenvalue weighted by Crippen LogP contribution is -2.18. The Morgan fingerprint density at radius 3 is 3.44 bits per heavy atom. The summed E-state index contributed by atoms with van der Waals surface area (Å²) in [5, 5.41) is 3.34. The van der Waals surface area contributed by atoms with Crippen molar-refractivity contribution in [3.63, 3.8) is 0 Å². The van der Waals surface area contributed by atoms with Gasteiger partial charge in [-0.2, -0.15) is 0 Å². The lowest BCUT2D eigenvalue weighted by molar-refractivity contribution is 0.576. The highest BCUT2D eigenvalue weighted by Crippen LogP contribution is 2.27. The Labute approximate surface area is 58.6 Å². The van der Waals surface area contributed by atoms with Crippen molar-refractivity contribution < 1.29 is 0 Å². The molecule has 0 aromatic rings. The molecule has 2 aliphatic heterocycles. The lowest BCUT2D eigenvalue weighted by Gasteiger charge is -2.11. The van der Waals surface area contributed by atoms with Crippen LogP contribution in [0.1, 0.15) is 6.92 Å². The van der Waals surface area contributed by atoms with Crippen molar-refractivity contribution in [3.05, 3.63) is 11.1 Å². The number of fused-ring (bicyclic) bond motifs is 1. The third-order valence-electron chi connectivity index (χ3n) is 1.56. The second kappa shape index (κ2) is 1.77. The number of aliphatic imine (C=N–C) groups is 1. The Balaban J connectivity index is 2.29. The third kappa shape index (κ3) is 0.678. The van der Waals surface area contributed by atoms with Crippen LogP contribution in [0.25, 0.3) is 0 Å². The second-order valence-electron chi connectivity index (χ2n) is 2.19. The summed E-state index contributed by atoms with van der Waals surface area (Å²) in [6, 6.07) is 0. The monoisotopic (exact) mass is 140 g/mol. The molecule has 0 spiro atoms. The van der Waals surface area contributed by atoms with Gasteiger partial charge in [0.2, 0.25) is 0 Å². The van der Waals surface area contributed by atoms with E-state index in [1.54, 1.807) is 11.8 Å². The maximum absolute atomic E-state index is 4.30. The molecule has 0 aromatic carbocycles. The number of thioether (sulfide) groups is 1. The molecule has 48 valence electrons. The smallest absolute Gasteiger partial charge is 0.167 e. The van der Waals surface area contributed by atoms with E-state index in [-0.39, 0.29) is 0 Å². The molecule has 9 heavy (non-hydrogen) atoms. The van der Waals surface area contributed by atoms with E-state index in [2.05, 4.69) is 22.2 Å². The van der Waals surface area contributed by atoms with Crippen LogP contribution in [0.5, 0.6) is 0 Å². The summed E-state index contributed by atoms with van der Waals surface area (Å²) in [5.41, 5.74) is 1.34. The summed E-state index contributed by atoms with van der Waals surface area (Å²) in [4.78, 5) is 6.56. The Hall–Kier alpha value is -0.440. The summed E-state index contributed by atoms with van der Waals surface area (Å²) in [6.45, 7) is 4.19. The van der Waals surface area contributed by atoms with Crippen molar-refractivity contribution in [1.82, 2.24) is 4.90 Å². The molecule has 0 unspecified atom stereocenters. The summed E-state index contributed by atoms with van der Waals surface area (Å²) < 4.78 is 0. The molecule has 2 nitrogen and oxygen atoms in total.